The van der Waals surface area contributed by atoms with E-state index >= 15 is 0 Å². The standard InChI is InChI=1S/C23H26N4O4S/c1-3-32(29,30)27-19-12-17(20(28)16-9-10-16)11-18(13-19)21-25-26-22(31-21)23(2,24)14-15-7-5-4-6-8-15/h4-8,11-13,16,27H,3,9-10,14,24H2,1-2H3. The second-order valence-electron chi connectivity index (χ2n) is 8.44. The molecule has 0 bridgehead atoms. The molecule has 0 amide bonds. The van der Waals surface area contributed by atoms with E-state index in [9.17, 15) is 13.2 Å². The third kappa shape index (κ3) is 5.05. The van der Waals surface area contributed by atoms with Gasteiger partial charge in [0.25, 0.3) is 0 Å². The highest BCUT2D eigenvalue weighted by Gasteiger charge is 2.32. The van der Waals surface area contributed by atoms with Gasteiger partial charge in [-0.1, -0.05) is 30.3 Å². The van der Waals surface area contributed by atoms with Gasteiger partial charge in [0.15, 0.2) is 5.78 Å². The number of benzene rings is 2. The van der Waals surface area contributed by atoms with Crippen molar-refractivity contribution in [2.24, 2.45) is 11.7 Å². The number of rotatable bonds is 9. The highest BCUT2D eigenvalue weighted by atomic mass is 32.2. The number of ketones is 1. The number of nitrogens with two attached hydrogens (primary N) is 1. The molecule has 1 aliphatic rings. The normalized spacial score (nSPS) is 15.8. The van der Waals surface area contributed by atoms with Crippen LogP contribution in [0.2, 0.25) is 0 Å². The predicted octanol–water partition coefficient (Wildman–Crippen LogP) is 3.51. The van der Waals surface area contributed by atoms with Crippen molar-refractivity contribution in [2.75, 3.05) is 10.5 Å². The molecule has 0 saturated heterocycles. The molecule has 4 rings (SSSR count). The molecular formula is C23H26N4O4S. The Labute approximate surface area is 187 Å². The van der Waals surface area contributed by atoms with Crippen LogP contribution >= 0.6 is 0 Å². The van der Waals surface area contributed by atoms with Crippen LogP contribution in [0.5, 0.6) is 0 Å². The molecule has 1 unspecified atom stereocenters. The van der Waals surface area contributed by atoms with E-state index in [2.05, 4.69) is 14.9 Å². The zero-order chi connectivity index (χ0) is 22.9. The molecule has 1 aliphatic carbocycles. The summed E-state index contributed by atoms with van der Waals surface area (Å²) < 4.78 is 32.6. The van der Waals surface area contributed by atoms with Crippen molar-refractivity contribution >= 4 is 21.5 Å². The van der Waals surface area contributed by atoms with Crippen LogP contribution in [0.15, 0.2) is 52.9 Å². The van der Waals surface area contributed by atoms with E-state index in [1.807, 2.05) is 37.3 Å². The number of hydrogen-bond acceptors (Lipinski definition) is 7. The minimum absolute atomic E-state index is 0.0164. The summed E-state index contributed by atoms with van der Waals surface area (Å²) in [6, 6.07) is 14.5. The first kappa shape index (κ1) is 22.2. The quantitative estimate of drug-likeness (QED) is 0.473. The number of nitrogens with one attached hydrogen (secondary N) is 1. The van der Waals surface area contributed by atoms with E-state index in [4.69, 9.17) is 10.2 Å². The summed E-state index contributed by atoms with van der Waals surface area (Å²) in [5.41, 5.74) is 7.77. The average Bonchev–Trinajstić information content (AvgIpc) is 3.48. The maximum atomic E-state index is 12.7. The van der Waals surface area contributed by atoms with E-state index < -0.39 is 15.6 Å². The topological polar surface area (TPSA) is 128 Å². The molecule has 0 radical (unpaired) electrons. The van der Waals surface area contributed by atoms with Gasteiger partial charge in [0.05, 0.1) is 11.3 Å². The first-order valence-electron chi connectivity index (χ1n) is 10.5. The van der Waals surface area contributed by atoms with Gasteiger partial charge in [0.2, 0.25) is 21.8 Å². The van der Waals surface area contributed by atoms with Gasteiger partial charge in [0, 0.05) is 22.7 Å². The lowest BCUT2D eigenvalue weighted by Gasteiger charge is -2.20. The van der Waals surface area contributed by atoms with Gasteiger partial charge in [-0.3, -0.25) is 9.52 Å². The van der Waals surface area contributed by atoms with Gasteiger partial charge in [-0.05, 0) is 56.9 Å². The number of anilines is 1. The highest BCUT2D eigenvalue weighted by Crippen LogP contribution is 2.35. The van der Waals surface area contributed by atoms with Gasteiger partial charge >= 0.3 is 0 Å². The molecule has 1 heterocycles. The molecule has 8 nitrogen and oxygen atoms in total. The van der Waals surface area contributed by atoms with Gasteiger partial charge in [-0.2, -0.15) is 0 Å². The van der Waals surface area contributed by atoms with Gasteiger partial charge in [-0.15, -0.1) is 10.2 Å². The minimum atomic E-state index is -3.52. The minimum Gasteiger partial charge on any atom is -0.419 e. The molecule has 1 saturated carbocycles. The number of aromatic nitrogens is 2. The molecular weight excluding hydrogens is 428 g/mol. The van der Waals surface area contributed by atoms with Crippen molar-refractivity contribution in [1.29, 1.82) is 0 Å². The fraction of sp³-hybridized carbons (Fsp3) is 0.348. The molecule has 3 N–H and O–H groups in total. The Balaban J connectivity index is 1.67. The van der Waals surface area contributed by atoms with Crippen LogP contribution in [-0.2, 0) is 22.0 Å². The lowest BCUT2D eigenvalue weighted by Crippen LogP contribution is -2.35. The summed E-state index contributed by atoms with van der Waals surface area (Å²) in [6.07, 6.45) is 2.18. The molecule has 2 aromatic carbocycles. The van der Waals surface area contributed by atoms with Crippen molar-refractivity contribution in [3.05, 3.63) is 65.5 Å². The summed E-state index contributed by atoms with van der Waals surface area (Å²) in [5, 5.41) is 8.27. The second kappa shape index (κ2) is 8.48. The summed E-state index contributed by atoms with van der Waals surface area (Å²) in [6.45, 7) is 3.35. The Kier molecular flexibility index (Phi) is 5.87. The molecule has 1 fully saturated rings. The van der Waals surface area contributed by atoms with Crippen molar-refractivity contribution in [1.82, 2.24) is 10.2 Å². The number of sulfonamides is 1. The Morgan fingerprint density at radius 1 is 1.19 bits per heavy atom. The molecule has 1 atom stereocenters. The smallest absolute Gasteiger partial charge is 0.247 e. The van der Waals surface area contributed by atoms with E-state index in [0.717, 1.165) is 18.4 Å². The molecule has 0 aliphatic heterocycles. The zero-order valence-electron chi connectivity index (χ0n) is 18.0. The maximum Gasteiger partial charge on any atom is 0.247 e. The molecule has 168 valence electrons. The van der Waals surface area contributed by atoms with Crippen molar-refractivity contribution < 1.29 is 17.6 Å². The van der Waals surface area contributed by atoms with Crippen molar-refractivity contribution in [3.63, 3.8) is 0 Å². The SMILES string of the molecule is CCS(=O)(=O)Nc1cc(C(=O)C2CC2)cc(-c2nnc(C(C)(N)Cc3ccccc3)o2)c1. The lowest BCUT2D eigenvalue weighted by atomic mass is 9.94. The fourth-order valence-corrected chi connectivity index (χ4v) is 4.07. The maximum absolute atomic E-state index is 12.7. The molecule has 1 aromatic heterocycles. The van der Waals surface area contributed by atoms with E-state index in [1.165, 1.54) is 0 Å². The van der Waals surface area contributed by atoms with E-state index in [-0.39, 0.29) is 34.9 Å². The lowest BCUT2D eigenvalue weighted by molar-refractivity contribution is 0.0967. The van der Waals surface area contributed by atoms with Crippen LogP contribution in [0.1, 0.15) is 48.5 Å². The van der Waals surface area contributed by atoms with Gasteiger partial charge < -0.3 is 10.2 Å². The molecule has 3 aromatic rings. The number of nitrogens with zero attached hydrogens (tertiary/aromatic N) is 2. The predicted molar refractivity (Wildman–Crippen MR) is 122 cm³/mol. The highest BCUT2D eigenvalue weighted by molar-refractivity contribution is 7.92. The third-order valence-corrected chi connectivity index (χ3v) is 6.70. The number of hydrogen-bond donors (Lipinski definition) is 2. The van der Waals surface area contributed by atoms with E-state index in [0.29, 0.717) is 17.5 Å². The van der Waals surface area contributed by atoms with Crippen molar-refractivity contribution in [3.8, 4) is 11.5 Å². The zero-order valence-corrected chi connectivity index (χ0v) is 18.9. The van der Waals surface area contributed by atoms with Gasteiger partial charge in [0.1, 0.15) is 0 Å². The van der Waals surface area contributed by atoms with Crippen LogP contribution in [0.4, 0.5) is 5.69 Å². The largest absolute Gasteiger partial charge is 0.419 e. The summed E-state index contributed by atoms with van der Waals surface area (Å²) in [7, 11) is -3.52. The third-order valence-electron chi connectivity index (χ3n) is 5.39. The summed E-state index contributed by atoms with van der Waals surface area (Å²) in [5.74, 6) is 0.311. The molecule has 9 heteroatoms. The number of carbonyl (C=O) groups excluding carboxylic acids is 1. The number of carbonyl (C=O) groups is 1. The Morgan fingerprint density at radius 3 is 2.56 bits per heavy atom. The average molecular weight is 455 g/mol. The summed E-state index contributed by atoms with van der Waals surface area (Å²) in [4.78, 5) is 12.7. The number of Topliss-reactive ketones (excluding diaryl/α,β-unsaturated/α-hetero) is 1. The Bertz CT molecular complexity index is 1230. The molecule has 32 heavy (non-hydrogen) atoms. The van der Waals surface area contributed by atoms with Crippen LogP contribution in [0, 0.1) is 5.92 Å². The van der Waals surface area contributed by atoms with Crippen molar-refractivity contribution in [2.45, 2.75) is 38.6 Å². The van der Waals surface area contributed by atoms with E-state index in [1.54, 1.807) is 25.1 Å². The molecule has 0 spiro atoms. The Morgan fingerprint density at radius 2 is 1.91 bits per heavy atom. The summed E-state index contributed by atoms with van der Waals surface area (Å²) >= 11 is 0. The van der Waals surface area contributed by atoms with Crippen LogP contribution in [-0.4, -0.2) is 30.2 Å². The first-order valence-corrected chi connectivity index (χ1v) is 12.2. The monoisotopic (exact) mass is 454 g/mol. The fourth-order valence-electron chi connectivity index (χ4n) is 3.45. The van der Waals surface area contributed by atoms with Crippen LogP contribution in [0.3, 0.4) is 0 Å². The first-order chi connectivity index (χ1) is 15.2. The Hall–Kier alpha value is -3.04. The second-order valence-corrected chi connectivity index (χ2v) is 10.4. The van der Waals surface area contributed by atoms with Gasteiger partial charge in [-0.25, -0.2) is 8.42 Å². The van der Waals surface area contributed by atoms with Crippen LogP contribution < -0.4 is 10.5 Å². The van der Waals surface area contributed by atoms with Crippen LogP contribution in [0.25, 0.3) is 11.5 Å².